The molecule has 0 saturated carbocycles. The molecule has 0 N–H and O–H groups in total. The van der Waals surface area contributed by atoms with Crippen molar-refractivity contribution in [2.24, 2.45) is 0 Å². The fraction of sp³-hybridized carbons (Fsp3) is 0.172. The van der Waals surface area contributed by atoms with E-state index in [1.807, 2.05) is 0 Å². The van der Waals surface area contributed by atoms with Gasteiger partial charge in [0, 0.05) is 11.0 Å². The Balaban J connectivity index is 1.82. The van der Waals surface area contributed by atoms with Gasteiger partial charge in [-0.2, -0.15) is 8.78 Å². The van der Waals surface area contributed by atoms with Crippen molar-refractivity contribution >= 4 is 46.4 Å². The molecule has 4 rings (SSSR count). The van der Waals surface area contributed by atoms with E-state index >= 15 is 17.6 Å². The zero-order chi connectivity index (χ0) is 32.3. The summed E-state index contributed by atoms with van der Waals surface area (Å²) in [6, 6.07) is 5.73. The first kappa shape index (κ1) is 33.0. The molecular formula is C29H16Cl4F8O2. The maximum absolute atomic E-state index is 15.0. The second kappa shape index (κ2) is 11.9. The smallest absolute Gasteiger partial charge is 0.205 e. The van der Waals surface area contributed by atoms with Crippen LogP contribution in [0.3, 0.4) is 0 Å². The van der Waals surface area contributed by atoms with Crippen LogP contribution in [0.25, 0.3) is 11.1 Å². The van der Waals surface area contributed by atoms with Gasteiger partial charge in [-0.15, -0.1) is 0 Å². The molecule has 0 spiro atoms. The summed E-state index contributed by atoms with van der Waals surface area (Å²) in [5, 5.41) is -0.344. The lowest BCUT2D eigenvalue weighted by Gasteiger charge is -2.28. The van der Waals surface area contributed by atoms with Gasteiger partial charge in [0.15, 0.2) is 46.4 Å². The molecule has 0 aromatic heterocycles. The van der Waals surface area contributed by atoms with Crippen LogP contribution in [0.5, 0.6) is 17.2 Å². The monoisotopic (exact) mass is 688 g/mol. The number of hydrogen-bond donors (Lipinski definition) is 0. The van der Waals surface area contributed by atoms with Gasteiger partial charge < -0.3 is 9.47 Å². The van der Waals surface area contributed by atoms with Crippen molar-refractivity contribution in [2.45, 2.75) is 26.2 Å². The van der Waals surface area contributed by atoms with E-state index in [0.29, 0.717) is 18.1 Å². The van der Waals surface area contributed by atoms with Crippen LogP contribution in [0.15, 0.2) is 24.3 Å². The fourth-order valence-electron chi connectivity index (χ4n) is 4.28. The first-order chi connectivity index (χ1) is 19.9. The summed E-state index contributed by atoms with van der Waals surface area (Å²) in [4.78, 5) is 0. The minimum Gasteiger partial charge on any atom is -0.494 e. The van der Waals surface area contributed by atoms with Gasteiger partial charge in [-0.1, -0.05) is 60.3 Å². The van der Waals surface area contributed by atoms with Crippen LogP contribution in [-0.2, 0) is 5.41 Å². The van der Waals surface area contributed by atoms with Crippen molar-refractivity contribution in [3.63, 3.8) is 0 Å². The third kappa shape index (κ3) is 5.47. The van der Waals surface area contributed by atoms with Crippen LogP contribution in [0.1, 0.15) is 30.5 Å². The molecule has 0 atom stereocenters. The van der Waals surface area contributed by atoms with Crippen molar-refractivity contribution in [3.8, 4) is 28.4 Å². The van der Waals surface area contributed by atoms with Crippen molar-refractivity contribution in [3.05, 3.63) is 108 Å². The maximum atomic E-state index is 15.0. The molecule has 43 heavy (non-hydrogen) atoms. The fourth-order valence-corrected chi connectivity index (χ4v) is 5.49. The van der Waals surface area contributed by atoms with Crippen LogP contribution in [0.2, 0.25) is 20.1 Å². The topological polar surface area (TPSA) is 18.5 Å². The van der Waals surface area contributed by atoms with Gasteiger partial charge in [0.1, 0.15) is 0 Å². The van der Waals surface area contributed by atoms with Gasteiger partial charge in [0.25, 0.3) is 0 Å². The summed E-state index contributed by atoms with van der Waals surface area (Å²) in [7, 11) is 1.38. The summed E-state index contributed by atoms with van der Waals surface area (Å²) in [5.41, 5.74) is -5.12. The highest BCUT2D eigenvalue weighted by molar-refractivity contribution is 6.38. The van der Waals surface area contributed by atoms with Gasteiger partial charge in [0.05, 0.1) is 38.3 Å². The molecule has 0 unspecified atom stereocenters. The molecule has 14 heteroatoms. The van der Waals surface area contributed by atoms with Crippen LogP contribution >= 0.6 is 46.4 Å². The summed E-state index contributed by atoms with van der Waals surface area (Å²) < 4.78 is 127. The Morgan fingerprint density at radius 3 is 1.19 bits per heavy atom. The van der Waals surface area contributed by atoms with Gasteiger partial charge in [-0.05, 0) is 42.3 Å². The summed E-state index contributed by atoms with van der Waals surface area (Å²) in [6.07, 6.45) is 0. The summed E-state index contributed by atoms with van der Waals surface area (Å²) in [5.74, 6) is -20.2. The quantitative estimate of drug-likeness (QED) is 0.148. The lowest BCUT2D eigenvalue weighted by molar-refractivity contribution is 0.366. The van der Waals surface area contributed by atoms with Crippen LogP contribution < -0.4 is 9.47 Å². The molecule has 0 fully saturated rings. The van der Waals surface area contributed by atoms with E-state index in [2.05, 4.69) is 0 Å². The van der Waals surface area contributed by atoms with Gasteiger partial charge >= 0.3 is 0 Å². The molecule has 2 nitrogen and oxygen atoms in total. The SMILES string of the molecule is COc1c(Cl)cc(C(C)(C)c2cc(Cl)c(Oc3c(F)c(F)c(-c4c(F)c(F)c(C)c(F)c4F)c(F)c3F)c(Cl)c2)cc1Cl. The Morgan fingerprint density at radius 1 is 0.512 bits per heavy atom. The third-order valence-corrected chi connectivity index (χ3v) is 7.93. The van der Waals surface area contributed by atoms with Crippen molar-refractivity contribution in [1.82, 2.24) is 0 Å². The predicted molar refractivity (Wildman–Crippen MR) is 148 cm³/mol. The van der Waals surface area contributed by atoms with E-state index in [1.165, 1.54) is 19.2 Å². The molecule has 0 saturated heterocycles. The highest BCUT2D eigenvalue weighted by atomic mass is 35.5. The second-order valence-corrected chi connectivity index (χ2v) is 11.3. The van der Waals surface area contributed by atoms with Crippen molar-refractivity contribution < 1.29 is 44.6 Å². The zero-order valence-electron chi connectivity index (χ0n) is 22.2. The second-order valence-electron chi connectivity index (χ2n) is 9.69. The lowest BCUT2D eigenvalue weighted by atomic mass is 9.78. The molecule has 4 aromatic rings. The van der Waals surface area contributed by atoms with E-state index in [0.717, 1.165) is 0 Å². The minimum absolute atomic E-state index is 0.199. The Hall–Kier alpha value is -2.92. The van der Waals surface area contributed by atoms with E-state index in [1.54, 1.807) is 26.0 Å². The number of ether oxygens (including phenoxy) is 2. The summed E-state index contributed by atoms with van der Waals surface area (Å²) >= 11 is 25.1. The van der Waals surface area contributed by atoms with E-state index in [4.69, 9.17) is 55.9 Å². The van der Waals surface area contributed by atoms with E-state index in [9.17, 15) is 17.6 Å². The number of methoxy groups -OCH3 is 1. The molecule has 0 radical (unpaired) electrons. The first-order valence-corrected chi connectivity index (χ1v) is 13.4. The standard InChI is InChI=1S/C29H16Cl4F8O2/c1-9-18(34)20(36)16(21(37)19(9)35)17-22(38)24(40)28(25(41)23(17)39)43-27-14(32)7-11(8-15(27)33)29(2,3)10-5-12(30)26(42-4)13(31)6-10/h5-8H,1-4H3. The lowest BCUT2D eigenvalue weighted by Crippen LogP contribution is -2.19. The Morgan fingerprint density at radius 2 is 0.837 bits per heavy atom. The average Bonchev–Trinajstić information content (AvgIpc) is 2.94. The van der Waals surface area contributed by atoms with Crippen LogP contribution in [-0.4, -0.2) is 7.11 Å². The zero-order valence-corrected chi connectivity index (χ0v) is 25.2. The molecule has 0 amide bonds. The maximum Gasteiger partial charge on any atom is 0.205 e. The number of rotatable bonds is 6. The largest absolute Gasteiger partial charge is 0.494 e. The van der Waals surface area contributed by atoms with Gasteiger partial charge in [-0.25, -0.2) is 26.3 Å². The Labute approximate surface area is 259 Å². The molecule has 0 aliphatic heterocycles. The highest BCUT2D eigenvalue weighted by Crippen LogP contribution is 2.47. The van der Waals surface area contributed by atoms with Crippen molar-refractivity contribution in [1.29, 1.82) is 0 Å². The minimum atomic E-state index is -2.41. The van der Waals surface area contributed by atoms with Crippen LogP contribution in [0, 0.1) is 53.5 Å². The molecule has 0 aliphatic carbocycles. The average molecular weight is 690 g/mol. The molecule has 228 valence electrons. The van der Waals surface area contributed by atoms with Gasteiger partial charge in [0.2, 0.25) is 17.4 Å². The number of benzene rings is 4. The highest BCUT2D eigenvalue weighted by Gasteiger charge is 2.35. The number of halogens is 12. The van der Waals surface area contributed by atoms with Gasteiger partial charge in [-0.3, -0.25) is 0 Å². The van der Waals surface area contributed by atoms with Crippen molar-refractivity contribution in [2.75, 3.05) is 7.11 Å². The molecule has 4 aromatic carbocycles. The molecule has 0 aliphatic rings. The summed E-state index contributed by atoms with van der Waals surface area (Å²) in [6.45, 7) is 4.12. The first-order valence-electron chi connectivity index (χ1n) is 11.8. The Bertz CT molecular complexity index is 1710. The number of hydrogen-bond acceptors (Lipinski definition) is 2. The molecule has 0 bridgehead atoms. The third-order valence-electron chi connectivity index (χ3n) is 6.80. The van der Waals surface area contributed by atoms with E-state index < -0.39 is 80.1 Å². The van der Waals surface area contributed by atoms with Crippen LogP contribution in [0.4, 0.5) is 35.1 Å². The normalized spacial score (nSPS) is 11.7. The molecule has 0 heterocycles. The molecular weight excluding hydrogens is 674 g/mol. The van der Waals surface area contributed by atoms with E-state index in [-0.39, 0.29) is 25.8 Å². The predicted octanol–water partition coefficient (Wildman–Crippen LogP) is 11.5. The Kier molecular flexibility index (Phi) is 9.11.